The van der Waals surface area contributed by atoms with Gasteiger partial charge in [-0.2, -0.15) is 0 Å². The summed E-state index contributed by atoms with van der Waals surface area (Å²) in [6.07, 6.45) is 0.209. The third-order valence-corrected chi connectivity index (χ3v) is 6.55. The van der Waals surface area contributed by atoms with E-state index >= 15 is 0 Å². The van der Waals surface area contributed by atoms with E-state index in [1.807, 2.05) is 18.2 Å². The molecule has 2 heterocycles. The first kappa shape index (κ1) is 20.1. The van der Waals surface area contributed by atoms with Gasteiger partial charge < -0.3 is 14.8 Å². The van der Waals surface area contributed by atoms with Crippen LogP contribution in [0.5, 0.6) is 11.5 Å². The maximum absolute atomic E-state index is 12.3. The number of carbonyl (C=O) groups excluding carboxylic acids is 1. The first-order valence-corrected chi connectivity index (χ1v) is 10.7. The molecule has 30 heavy (non-hydrogen) atoms. The lowest BCUT2D eigenvalue weighted by atomic mass is 10.2. The predicted molar refractivity (Wildman–Crippen MR) is 107 cm³/mol. The van der Waals surface area contributed by atoms with Gasteiger partial charge in [0, 0.05) is 27.1 Å². The van der Waals surface area contributed by atoms with Gasteiger partial charge in [0.15, 0.2) is 11.5 Å². The van der Waals surface area contributed by atoms with E-state index < -0.39 is 10.0 Å². The van der Waals surface area contributed by atoms with Gasteiger partial charge in [-0.1, -0.05) is 11.3 Å². The Morgan fingerprint density at radius 1 is 1.17 bits per heavy atom. The van der Waals surface area contributed by atoms with Crippen molar-refractivity contribution in [3.63, 3.8) is 0 Å². The molecule has 0 saturated carbocycles. The van der Waals surface area contributed by atoms with Crippen molar-refractivity contribution in [1.29, 1.82) is 0 Å². The predicted octanol–water partition coefficient (Wildman–Crippen LogP) is 1.12. The second-order valence-electron chi connectivity index (χ2n) is 6.96. The van der Waals surface area contributed by atoms with Gasteiger partial charge in [-0.05, 0) is 35.9 Å². The lowest BCUT2D eigenvalue weighted by Gasteiger charge is -2.11. The standard InChI is InChI=1S/C19H21N5O5S/c1-23(2)30(26,27)14-4-5-16-15(10-14)21-22-24(16)8-7-19(25)20-11-13-3-6-17-18(9-13)29-12-28-17/h3-6,9-10H,7-8,11-12H2,1-2H3,(H,20,25). The normalized spacial score (nSPS) is 13.2. The Labute approximate surface area is 173 Å². The average molecular weight is 431 g/mol. The number of nitrogens with one attached hydrogen (secondary N) is 1. The molecule has 1 N–H and O–H groups in total. The van der Waals surface area contributed by atoms with Crippen LogP contribution in [0, 0.1) is 0 Å². The first-order valence-electron chi connectivity index (χ1n) is 9.25. The Morgan fingerprint density at radius 2 is 1.97 bits per heavy atom. The van der Waals surface area contributed by atoms with Gasteiger partial charge >= 0.3 is 0 Å². The van der Waals surface area contributed by atoms with Gasteiger partial charge in [-0.25, -0.2) is 17.4 Å². The van der Waals surface area contributed by atoms with Crippen LogP contribution in [-0.2, 0) is 27.9 Å². The molecule has 1 amide bonds. The minimum absolute atomic E-state index is 0.136. The molecule has 11 heteroatoms. The largest absolute Gasteiger partial charge is 0.454 e. The van der Waals surface area contributed by atoms with Gasteiger partial charge in [0.05, 0.1) is 17.0 Å². The molecule has 0 aliphatic carbocycles. The van der Waals surface area contributed by atoms with Gasteiger partial charge in [-0.15, -0.1) is 5.10 Å². The fourth-order valence-electron chi connectivity index (χ4n) is 3.04. The number of carbonyl (C=O) groups is 1. The van der Waals surface area contributed by atoms with Crippen molar-refractivity contribution >= 4 is 27.0 Å². The Bertz CT molecular complexity index is 1210. The number of amides is 1. The maximum atomic E-state index is 12.3. The zero-order chi connectivity index (χ0) is 21.3. The summed E-state index contributed by atoms with van der Waals surface area (Å²) in [5, 5.41) is 10.9. The van der Waals surface area contributed by atoms with E-state index in [2.05, 4.69) is 15.6 Å². The van der Waals surface area contributed by atoms with Crippen LogP contribution in [0.3, 0.4) is 0 Å². The van der Waals surface area contributed by atoms with Crippen molar-refractivity contribution in [2.24, 2.45) is 0 Å². The second kappa shape index (κ2) is 7.92. The van der Waals surface area contributed by atoms with E-state index in [1.54, 1.807) is 10.7 Å². The third kappa shape index (κ3) is 3.94. The summed E-state index contributed by atoms with van der Waals surface area (Å²) in [5.41, 5.74) is 2.03. The van der Waals surface area contributed by atoms with Crippen LogP contribution in [0.15, 0.2) is 41.3 Å². The third-order valence-electron chi connectivity index (χ3n) is 4.74. The summed E-state index contributed by atoms with van der Waals surface area (Å²) in [6, 6.07) is 10.2. The molecule has 158 valence electrons. The van der Waals surface area contributed by atoms with Crippen molar-refractivity contribution in [2.75, 3.05) is 20.9 Å². The van der Waals surface area contributed by atoms with Gasteiger partial charge in [-0.3, -0.25) is 4.79 Å². The Balaban J connectivity index is 1.37. The highest BCUT2D eigenvalue weighted by atomic mass is 32.2. The summed E-state index contributed by atoms with van der Waals surface area (Å²) >= 11 is 0. The highest BCUT2D eigenvalue weighted by Gasteiger charge is 2.19. The van der Waals surface area contributed by atoms with Crippen molar-refractivity contribution in [1.82, 2.24) is 24.6 Å². The Hall–Kier alpha value is -3.18. The van der Waals surface area contributed by atoms with E-state index in [-0.39, 0.29) is 24.0 Å². The minimum Gasteiger partial charge on any atom is -0.454 e. The number of hydrogen-bond donors (Lipinski definition) is 1. The van der Waals surface area contributed by atoms with Crippen molar-refractivity contribution in [3.8, 4) is 11.5 Å². The number of hydrogen-bond acceptors (Lipinski definition) is 7. The van der Waals surface area contributed by atoms with Crippen LogP contribution in [0.4, 0.5) is 0 Å². The smallest absolute Gasteiger partial charge is 0.242 e. The molecule has 10 nitrogen and oxygen atoms in total. The number of sulfonamides is 1. The highest BCUT2D eigenvalue weighted by Crippen LogP contribution is 2.32. The zero-order valence-electron chi connectivity index (χ0n) is 16.5. The fourth-order valence-corrected chi connectivity index (χ4v) is 3.96. The lowest BCUT2D eigenvalue weighted by Crippen LogP contribution is -2.24. The Morgan fingerprint density at radius 3 is 2.77 bits per heavy atom. The summed E-state index contributed by atoms with van der Waals surface area (Å²) in [5.74, 6) is 1.24. The lowest BCUT2D eigenvalue weighted by molar-refractivity contribution is -0.121. The molecular weight excluding hydrogens is 410 g/mol. The van der Waals surface area contributed by atoms with E-state index in [4.69, 9.17) is 9.47 Å². The topological polar surface area (TPSA) is 116 Å². The molecule has 1 aromatic heterocycles. The fraction of sp³-hybridized carbons (Fsp3) is 0.316. The monoisotopic (exact) mass is 431 g/mol. The van der Waals surface area contributed by atoms with Crippen molar-refractivity contribution in [2.45, 2.75) is 24.4 Å². The molecule has 1 aliphatic rings. The number of fused-ring (bicyclic) bond motifs is 2. The van der Waals surface area contributed by atoms with Crippen LogP contribution >= 0.6 is 0 Å². The van der Waals surface area contributed by atoms with E-state index in [1.165, 1.54) is 26.2 Å². The summed E-state index contributed by atoms with van der Waals surface area (Å²) in [4.78, 5) is 12.4. The molecule has 0 fully saturated rings. The average Bonchev–Trinajstić information content (AvgIpc) is 3.36. The van der Waals surface area contributed by atoms with Crippen LogP contribution in [0.25, 0.3) is 11.0 Å². The molecule has 2 aromatic carbocycles. The van der Waals surface area contributed by atoms with Crippen LogP contribution in [-0.4, -0.2) is 54.5 Å². The zero-order valence-corrected chi connectivity index (χ0v) is 17.3. The number of aryl methyl sites for hydroxylation is 1. The number of ether oxygens (including phenoxy) is 2. The van der Waals surface area contributed by atoms with Crippen LogP contribution < -0.4 is 14.8 Å². The van der Waals surface area contributed by atoms with Crippen LogP contribution in [0.1, 0.15) is 12.0 Å². The van der Waals surface area contributed by atoms with Crippen LogP contribution in [0.2, 0.25) is 0 Å². The molecular formula is C19H21N5O5S. The van der Waals surface area contributed by atoms with Gasteiger partial charge in [0.1, 0.15) is 5.52 Å². The summed E-state index contributed by atoms with van der Waals surface area (Å²) in [6.45, 7) is 0.905. The maximum Gasteiger partial charge on any atom is 0.242 e. The molecule has 0 spiro atoms. The molecule has 0 atom stereocenters. The molecule has 4 rings (SSSR count). The summed E-state index contributed by atoms with van der Waals surface area (Å²) in [7, 11) is -0.605. The second-order valence-corrected chi connectivity index (χ2v) is 9.12. The minimum atomic E-state index is -3.55. The Kier molecular flexibility index (Phi) is 5.31. The van der Waals surface area contributed by atoms with Crippen molar-refractivity contribution < 1.29 is 22.7 Å². The molecule has 0 bridgehead atoms. The number of nitrogens with zero attached hydrogens (tertiary/aromatic N) is 4. The van der Waals surface area contributed by atoms with E-state index in [9.17, 15) is 13.2 Å². The number of benzene rings is 2. The first-order chi connectivity index (χ1) is 14.3. The molecule has 0 radical (unpaired) electrons. The quantitative estimate of drug-likeness (QED) is 0.596. The molecule has 1 aliphatic heterocycles. The van der Waals surface area contributed by atoms with Gasteiger partial charge in [0.2, 0.25) is 22.7 Å². The van der Waals surface area contributed by atoms with Gasteiger partial charge in [0.25, 0.3) is 0 Å². The molecule has 0 unspecified atom stereocenters. The van der Waals surface area contributed by atoms with Crippen molar-refractivity contribution in [3.05, 3.63) is 42.0 Å². The highest BCUT2D eigenvalue weighted by molar-refractivity contribution is 7.89. The van der Waals surface area contributed by atoms with E-state index in [0.29, 0.717) is 35.6 Å². The number of rotatable bonds is 7. The SMILES string of the molecule is CN(C)S(=O)(=O)c1ccc2c(c1)nnn2CCC(=O)NCc1ccc2c(c1)OCO2. The molecule has 0 saturated heterocycles. The molecule has 3 aromatic rings. The number of aromatic nitrogens is 3. The summed E-state index contributed by atoms with van der Waals surface area (Å²) < 4.78 is 37.8. The van der Waals surface area contributed by atoms with E-state index in [0.717, 1.165) is 9.87 Å².